The van der Waals surface area contributed by atoms with E-state index in [1.54, 1.807) is 18.2 Å². The molecule has 0 bridgehead atoms. The van der Waals surface area contributed by atoms with Gasteiger partial charge >= 0.3 is 0 Å². The van der Waals surface area contributed by atoms with Gasteiger partial charge in [-0.05, 0) is 92.4 Å². The molecule has 0 radical (unpaired) electrons. The molecule has 0 spiro atoms. The summed E-state index contributed by atoms with van der Waals surface area (Å²) in [4.78, 5) is 30.2. The average molecular weight is 451 g/mol. The molecule has 0 unspecified atom stereocenters. The van der Waals surface area contributed by atoms with E-state index in [4.69, 9.17) is 4.74 Å². The van der Waals surface area contributed by atoms with Gasteiger partial charge in [-0.15, -0.1) is 0 Å². The number of hydrogen-bond donors (Lipinski definition) is 0. The largest absolute Gasteiger partial charge is 0.457 e. The second kappa shape index (κ2) is 8.58. The lowest BCUT2D eigenvalue weighted by Crippen LogP contribution is -2.29. The normalized spacial score (nSPS) is 17.5. The number of benzene rings is 3. The number of fused-ring (bicyclic) bond motifs is 2. The summed E-state index contributed by atoms with van der Waals surface area (Å²) in [7, 11) is 0. The first-order valence-electron chi connectivity index (χ1n) is 12.0. The van der Waals surface area contributed by atoms with Gasteiger partial charge in [-0.2, -0.15) is 0 Å². The zero-order valence-corrected chi connectivity index (χ0v) is 19.0. The Labute approximate surface area is 199 Å². The molecule has 1 fully saturated rings. The zero-order chi connectivity index (χ0) is 23.1. The molecular weight excluding hydrogens is 424 g/mol. The van der Waals surface area contributed by atoms with Crippen LogP contribution in [0.1, 0.15) is 51.1 Å². The molecule has 3 aromatic rings. The molecule has 3 aliphatic rings. The molecule has 0 aromatic heterocycles. The molecule has 2 aliphatic heterocycles. The number of ether oxygens (including phenoxy) is 1. The molecule has 1 saturated heterocycles. The van der Waals surface area contributed by atoms with Crippen LogP contribution in [0.4, 0.5) is 5.69 Å². The number of aryl methyl sites for hydroxylation is 1. The summed E-state index contributed by atoms with van der Waals surface area (Å²) in [6.07, 6.45) is 6.84. The Bertz CT molecular complexity index is 1310. The lowest BCUT2D eigenvalue weighted by Gasteiger charge is -2.23. The third-order valence-electron chi connectivity index (χ3n) is 6.92. The summed E-state index contributed by atoms with van der Waals surface area (Å²) in [5.74, 6) is 0.629. The van der Waals surface area contributed by atoms with Gasteiger partial charge in [0.15, 0.2) is 0 Å². The first-order chi connectivity index (χ1) is 16.7. The third kappa shape index (κ3) is 3.82. The molecule has 0 N–H and O–H groups in total. The summed E-state index contributed by atoms with van der Waals surface area (Å²) >= 11 is 0. The van der Waals surface area contributed by atoms with Crippen LogP contribution in [0.25, 0.3) is 6.08 Å². The van der Waals surface area contributed by atoms with E-state index < -0.39 is 0 Å². The lowest BCUT2D eigenvalue weighted by atomic mass is 9.91. The fraction of sp³-hybridized carbons (Fsp3) is 0.241. The molecule has 6 rings (SSSR count). The maximum atomic E-state index is 13.3. The van der Waals surface area contributed by atoms with Gasteiger partial charge < -0.3 is 4.74 Å². The number of carbonyl (C=O) groups excluding carboxylic acids is 2. The van der Waals surface area contributed by atoms with Crippen molar-refractivity contribution in [2.24, 2.45) is 0 Å². The Morgan fingerprint density at radius 3 is 2.38 bits per heavy atom. The highest BCUT2D eigenvalue weighted by molar-refractivity contribution is 6.34. The molecular formula is C29H26N2O3. The van der Waals surface area contributed by atoms with E-state index in [0.29, 0.717) is 28.3 Å². The van der Waals surface area contributed by atoms with E-state index in [9.17, 15) is 9.59 Å². The molecule has 3 aromatic carbocycles. The summed E-state index contributed by atoms with van der Waals surface area (Å²) in [6, 6.07) is 20.4. The number of amides is 2. The first kappa shape index (κ1) is 20.9. The molecule has 0 saturated carbocycles. The van der Waals surface area contributed by atoms with Gasteiger partial charge in [0.1, 0.15) is 11.5 Å². The zero-order valence-electron chi connectivity index (χ0n) is 19.0. The van der Waals surface area contributed by atoms with Gasteiger partial charge in [-0.1, -0.05) is 35.9 Å². The minimum absolute atomic E-state index is 0.285. The second-order valence-electron chi connectivity index (χ2n) is 9.24. The summed E-state index contributed by atoms with van der Waals surface area (Å²) in [6.45, 7) is 3.44. The summed E-state index contributed by atoms with van der Waals surface area (Å²) < 4.78 is 5.87. The Morgan fingerprint density at radius 1 is 0.765 bits per heavy atom. The van der Waals surface area contributed by atoms with Crippen molar-refractivity contribution in [3.05, 3.63) is 94.6 Å². The molecule has 2 amide bonds. The van der Waals surface area contributed by atoms with Crippen LogP contribution in [-0.4, -0.2) is 36.3 Å². The van der Waals surface area contributed by atoms with E-state index in [-0.39, 0.29) is 11.8 Å². The maximum absolute atomic E-state index is 13.3. The van der Waals surface area contributed by atoms with Crippen LogP contribution < -0.4 is 9.64 Å². The van der Waals surface area contributed by atoms with Crippen molar-refractivity contribution in [1.29, 1.82) is 0 Å². The van der Waals surface area contributed by atoms with E-state index in [1.807, 2.05) is 48.5 Å². The van der Waals surface area contributed by atoms with Gasteiger partial charge in [0.2, 0.25) is 0 Å². The van der Waals surface area contributed by atoms with Crippen LogP contribution in [0.5, 0.6) is 11.5 Å². The number of hydrogen-bond acceptors (Lipinski definition) is 4. The van der Waals surface area contributed by atoms with Gasteiger partial charge in [-0.25, -0.2) is 4.90 Å². The lowest BCUT2D eigenvalue weighted by molar-refractivity contribution is 0.0926. The fourth-order valence-electron chi connectivity index (χ4n) is 5.17. The molecule has 0 atom stereocenters. The van der Waals surface area contributed by atoms with Crippen LogP contribution in [0, 0.1) is 0 Å². The van der Waals surface area contributed by atoms with Crippen molar-refractivity contribution in [2.75, 3.05) is 24.5 Å². The molecule has 5 nitrogen and oxygen atoms in total. The number of carbonyl (C=O) groups is 2. The number of likely N-dealkylation sites (tertiary alicyclic amines) is 1. The third-order valence-corrected chi connectivity index (χ3v) is 6.92. The van der Waals surface area contributed by atoms with Crippen molar-refractivity contribution < 1.29 is 14.3 Å². The first-order valence-corrected chi connectivity index (χ1v) is 12.0. The van der Waals surface area contributed by atoms with Gasteiger partial charge in [-0.3, -0.25) is 14.5 Å². The van der Waals surface area contributed by atoms with Crippen molar-refractivity contribution in [1.82, 2.24) is 4.90 Å². The van der Waals surface area contributed by atoms with E-state index in [2.05, 4.69) is 11.0 Å². The summed E-state index contributed by atoms with van der Waals surface area (Å²) in [5.41, 5.74) is 5.27. The molecule has 1 aliphatic carbocycles. The smallest absolute Gasteiger partial charge is 0.266 e. The SMILES string of the molecule is O=C1c2ccc(Oc3ccccc3)cc2C(=O)N1c1ccc2c(c1)CCC(CN1CCCC1)=C2. The van der Waals surface area contributed by atoms with Crippen molar-refractivity contribution in [2.45, 2.75) is 25.7 Å². The Hall–Kier alpha value is -3.70. The van der Waals surface area contributed by atoms with E-state index >= 15 is 0 Å². The minimum atomic E-state index is -0.306. The fourth-order valence-corrected chi connectivity index (χ4v) is 5.17. The standard InChI is InChI=1S/C29H26N2O3/c32-28-26-13-12-25(34-24-6-2-1-3-7-24)18-27(26)29(33)31(28)23-11-10-21-16-20(8-9-22(21)17-23)19-30-14-4-5-15-30/h1-3,6-7,10-13,16-18H,4-5,8-9,14-15,19H2. The predicted octanol–water partition coefficient (Wildman–Crippen LogP) is 5.70. The number of nitrogens with zero attached hydrogens (tertiary/aromatic N) is 2. The quantitative estimate of drug-likeness (QED) is 0.468. The van der Waals surface area contributed by atoms with Crippen molar-refractivity contribution >= 4 is 23.6 Å². The Kier molecular flexibility index (Phi) is 5.27. The Balaban J connectivity index is 1.24. The van der Waals surface area contributed by atoms with Gasteiger partial charge in [0.05, 0.1) is 16.8 Å². The van der Waals surface area contributed by atoms with Crippen LogP contribution in [0.3, 0.4) is 0 Å². The van der Waals surface area contributed by atoms with Crippen LogP contribution >= 0.6 is 0 Å². The number of imide groups is 1. The van der Waals surface area contributed by atoms with Gasteiger partial charge in [0.25, 0.3) is 11.8 Å². The minimum Gasteiger partial charge on any atom is -0.457 e. The number of para-hydroxylation sites is 1. The van der Waals surface area contributed by atoms with Gasteiger partial charge in [0, 0.05) is 6.54 Å². The topological polar surface area (TPSA) is 49.9 Å². The molecule has 170 valence electrons. The Morgan fingerprint density at radius 2 is 1.56 bits per heavy atom. The number of anilines is 1. The van der Waals surface area contributed by atoms with Crippen LogP contribution in [0.2, 0.25) is 0 Å². The molecule has 34 heavy (non-hydrogen) atoms. The highest BCUT2D eigenvalue weighted by Gasteiger charge is 2.37. The van der Waals surface area contributed by atoms with Crippen molar-refractivity contribution in [3.63, 3.8) is 0 Å². The predicted molar refractivity (Wildman–Crippen MR) is 133 cm³/mol. The highest BCUT2D eigenvalue weighted by Crippen LogP contribution is 2.35. The average Bonchev–Trinajstić information content (AvgIpc) is 3.45. The maximum Gasteiger partial charge on any atom is 0.266 e. The monoisotopic (exact) mass is 450 g/mol. The molecule has 2 heterocycles. The van der Waals surface area contributed by atoms with Crippen LogP contribution in [-0.2, 0) is 6.42 Å². The van der Waals surface area contributed by atoms with Crippen molar-refractivity contribution in [3.8, 4) is 11.5 Å². The second-order valence-corrected chi connectivity index (χ2v) is 9.24. The van der Waals surface area contributed by atoms with E-state index in [0.717, 1.165) is 19.4 Å². The molecule has 5 heteroatoms. The van der Waals surface area contributed by atoms with Crippen LogP contribution in [0.15, 0.2) is 72.3 Å². The summed E-state index contributed by atoms with van der Waals surface area (Å²) in [5, 5.41) is 0. The number of rotatable bonds is 5. The van der Waals surface area contributed by atoms with E-state index in [1.165, 1.54) is 47.5 Å². The highest BCUT2D eigenvalue weighted by atomic mass is 16.5.